The van der Waals surface area contributed by atoms with E-state index in [1.165, 1.54) is 0 Å². The fourth-order valence-electron chi connectivity index (χ4n) is 1.09. The number of nitrogens with zero attached hydrogens (tertiary/aromatic N) is 1. The highest BCUT2D eigenvalue weighted by Gasteiger charge is 2.01. The Kier molecular flexibility index (Phi) is 3.75. The number of aryl methyl sites for hydroxylation is 1. The summed E-state index contributed by atoms with van der Waals surface area (Å²) in [4.78, 5) is 0. The van der Waals surface area contributed by atoms with Crippen LogP contribution in [-0.2, 0) is 0 Å². The molecule has 0 atom stereocenters. The fourth-order valence-corrected chi connectivity index (χ4v) is 1.09. The molecule has 0 heterocycles. The second-order valence-electron chi connectivity index (χ2n) is 2.99. The molecule has 0 fully saturated rings. The minimum atomic E-state index is 0.508. The Morgan fingerprint density at radius 1 is 1.50 bits per heavy atom. The minimum Gasteiger partial charge on any atom is -0.488 e. The smallest absolute Gasteiger partial charge is 0.137 e. The summed E-state index contributed by atoms with van der Waals surface area (Å²) in [5.74, 6) is 0.649. The first-order chi connectivity index (χ1) is 6.77. The third-order valence-corrected chi connectivity index (χ3v) is 1.83. The van der Waals surface area contributed by atoms with Crippen molar-refractivity contribution in [2.45, 2.75) is 13.8 Å². The topological polar surface area (TPSA) is 33.0 Å². The summed E-state index contributed by atoms with van der Waals surface area (Å²) in [7, 11) is 0. The van der Waals surface area contributed by atoms with E-state index < -0.39 is 0 Å². The summed E-state index contributed by atoms with van der Waals surface area (Å²) in [6.07, 6.45) is 3.82. The van der Waals surface area contributed by atoms with Crippen LogP contribution in [0.4, 0.5) is 0 Å². The van der Waals surface area contributed by atoms with Crippen LogP contribution in [0, 0.1) is 18.3 Å². The maximum atomic E-state index is 8.85. The van der Waals surface area contributed by atoms with Crippen molar-refractivity contribution in [3.8, 4) is 11.8 Å². The highest BCUT2D eigenvalue weighted by molar-refractivity contribution is 5.45. The molecular formula is C12H13NO. The number of hydrogen-bond donors (Lipinski definition) is 0. The molecule has 1 rings (SSSR count). The molecule has 0 N–H and O–H groups in total. The van der Waals surface area contributed by atoms with Crippen molar-refractivity contribution in [1.82, 2.24) is 0 Å². The van der Waals surface area contributed by atoms with Crippen LogP contribution in [0.25, 0.3) is 0 Å². The van der Waals surface area contributed by atoms with E-state index in [9.17, 15) is 0 Å². The van der Waals surface area contributed by atoms with Gasteiger partial charge in [-0.2, -0.15) is 5.26 Å². The predicted molar refractivity (Wildman–Crippen MR) is 56.2 cm³/mol. The Morgan fingerprint density at radius 2 is 2.29 bits per heavy atom. The first kappa shape index (κ1) is 10.3. The van der Waals surface area contributed by atoms with E-state index >= 15 is 0 Å². The van der Waals surface area contributed by atoms with Gasteiger partial charge in [0, 0.05) is 0 Å². The number of ether oxygens (including phenoxy) is 1. The van der Waals surface area contributed by atoms with E-state index in [4.69, 9.17) is 10.00 Å². The number of hydrogen-bond acceptors (Lipinski definition) is 2. The molecule has 2 heteroatoms. The summed E-state index contributed by atoms with van der Waals surface area (Å²) in [5.41, 5.74) is 1.66. The lowest BCUT2D eigenvalue weighted by Gasteiger charge is -2.05. The summed E-state index contributed by atoms with van der Waals surface area (Å²) in [6.45, 7) is 4.40. The molecule has 0 aliphatic rings. The van der Waals surface area contributed by atoms with E-state index in [0.29, 0.717) is 17.9 Å². The van der Waals surface area contributed by atoms with E-state index in [1.807, 2.05) is 44.2 Å². The Balaban J connectivity index is 2.81. The van der Waals surface area contributed by atoms with Crippen molar-refractivity contribution in [2.75, 3.05) is 6.61 Å². The van der Waals surface area contributed by atoms with Crippen molar-refractivity contribution in [3.63, 3.8) is 0 Å². The SMILES string of the molecule is C/C=C/COc1ccc(C)cc1C#N. The number of benzene rings is 1. The molecular weight excluding hydrogens is 174 g/mol. The van der Waals surface area contributed by atoms with Crippen LogP contribution < -0.4 is 4.74 Å². The molecule has 0 saturated carbocycles. The van der Waals surface area contributed by atoms with Crippen molar-refractivity contribution >= 4 is 0 Å². The number of rotatable bonds is 3. The zero-order valence-electron chi connectivity index (χ0n) is 8.45. The van der Waals surface area contributed by atoms with Crippen molar-refractivity contribution in [1.29, 1.82) is 5.26 Å². The van der Waals surface area contributed by atoms with Gasteiger partial charge in [0.25, 0.3) is 0 Å². The van der Waals surface area contributed by atoms with Crippen LogP contribution in [0.1, 0.15) is 18.1 Å². The average Bonchev–Trinajstić information content (AvgIpc) is 2.20. The standard InChI is InChI=1S/C12H13NO/c1-3-4-7-14-12-6-5-10(2)8-11(12)9-13/h3-6,8H,7H2,1-2H3/b4-3+. The molecule has 0 amide bonds. The summed E-state index contributed by atoms with van der Waals surface area (Å²) in [5, 5.41) is 8.85. The Bertz CT molecular complexity index is 374. The van der Waals surface area contributed by atoms with E-state index in [1.54, 1.807) is 0 Å². The van der Waals surface area contributed by atoms with Gasteiger partial charge in [-0.25, -0.2) is 0 Å². The van der Waals surface area contributed by atoms with Crippen LogP contribution in [0.2, 0.25) is 0 Å². The fraction of sp³-hybridized carbons (Fsp3) is 0.250. The summed E-state index contributed by atoms with van der Waals surface area (Å²) >= 11 is 0. The first-order valence-electron chi connectivity index (χ1n) is 4.52. The molecule has 2 nitrogen and oxygen atoms in total. The minimum absolute atomic E-state index is 0.508. The van der Waals surface area contributed by atoms with Gasteiger partial charge < -0.3 is 4.74 Å². The van der Waals surface area contributed by atoms with Gasteiger partial charge in [0.05, 0.1) is 5.56 Å². The first-order valence-corrected chi connectivity index (χ1v) is 4.52. The normalized spacial score (nSPS) is 10.1. The van der Waals surface area contributed by atoms with Crippen LogP contribution >= 0.6 is 0 Å². The molecule has 0 radical (unpaired) electrons. The van der Waals surface area contributed by atoms with Gasteiger partial charge in [-0.15, -0.1) is 0 Å². The molecule has 1 aromatic carbocycles. The largest absolute Gasteiger partial charge is 0.488 e. The Hall–Kier alpha value is -1.75. The molecule has 72 valence electrons. The highest BCUT2D eigenvalue weighted by Crippen LogP contribution is 2.18. The number of nitriles is 1. The molecule has 0 saturated heterocycles. The van der Waals surface area contributed by atoms with Crippen LogP contribution in [0.3, 0.4) is 0 Å². The lowest BCUT2D eigenvalue weighted by Crippen LogP contribution is -1.95. The average molecular weight is 187 g/mol. The molecule has 0 aliphatic heterocycles. The van der Waals surface area contributed by atoms with Crippen molar-refractivity contribution in [3.05, 3.63) is 41.5 Å². The monoisotopic (exact) mass is 187 g/mol. The zero-order valence-corrected chi connectivity index (χ0v) is 8.45. The van der Waals surface area contributed by atoms with Gasteiger partial charge >= 0.3 is 0 Å². The Labute approximate surface area is 84.4 Å². The quantitative estimate of drug-likeness (QED) is 0.682. The van der Waals surface area contributed by atoms with Crippen LogP contribution in [0.5, 0.6) is 5.75 Å². The van der Waals surface area contributed by atoms with Gasteiger partial charge in [0.1, 0.15) is 18.4 Å². The van der Waals surface area contributed by atoms with E-state index in [-0.39, 0.29) is 0 Å². The van der Waals surface area contributed by atoms with Gasteiger partial charge in [-0.05, 0) is 31.5 Å². The van der Waals surface area contributed by atoms with E-state index in [0.717, 1.165) is 5.56 Å². The second kappa shape index (κ2) is 5.08. The van der Waals surface area contributed by atoms with Crippen molar-refractivity contribution in [2.24, 2.45) is 0 Å². The lowest BCUT2D eigenvalue weighted by molar-refractivity contribution is 0.361. The number of allylic oxidation sites excluding steroid dienone is 1. The maximum absolute atomic E-state index is 8.85. The maximum Gasteiger partial charge on any atom is 0.137 e. The third-order valence-electron chi connectivity index (χ3n) is 1.83. The second-order valence-corrected chi connectivity index (χ2v) is 2.99. The summed E-state index contributed by atoms with van der Waals surface area (Å²) < 4.78 is 5.41. The van der Waals surface area contributed by atoms with Crippen LogP contribution in [-0.4, -0.2) is 6.61 Å². The molecule has 0 spiro atoms. The molecule has 0 aliphatic carbocycles. The van der Waals surface area contributed by atoms with Gasteiger partial charge in [-0.1, -0.05) is 18.2 Å². The Morgan fingerprint density at radius 3 is 2.93 bits per heavy atom. The van der Waals surface area contributed by atoms with Crippen LogP contribution in [0.15, 0.2) is 30.4 Å². The highest BCUT2D eigenvalue weighted by atomic mass is 16.5. The summed E-state index contributed by atoms with van der Waals surface area (Å²) in [6, 6.07) is 7.71. The zero-order chi connectivity index (χ0) is 10.4. The predicted octanol–water partition coefficient (Wildman–Crippen LogP) is 2.82. The van der Waals surface area contributed by atoms with Gasteiger partial charge in [0.2, 0.25) is 0 Å². The molecule has 0 bridgehead atoms. The van der Waals surface area contributed by atoms with E-state index in [2.05, 4.69) is 6.07 Å². The molecule has 0 aromatic heterocycles. The third kappa shape index (κ3) is 2.63. The van der Waals surface area contributed by atoms with Crippen molar-refractivity contribution < 1.29 is 4.74 Å². The van der Waals surface area contributed by atoms with Gasteiger partial charge in [-0.3, -0.25) is 0 Å². The van der Waals surface area contributed by atoms with Gasteiger partial charge in [0.15, 0.2) is 0 Å². The molecule has 0 unspecified atom stereocenters. The lowest BCUT2D eigenvalue weighted by atomic mass is 10.1. The molecule has 1 aromatic rings. The molecule has 14 heavy (non-hydrogen) atoms.